The topological polar surface area (TPSA) is 93.7 Å². The van der Waals surface area contributed by atoms with Gasteiger partial charge in [-0.1, -0.05) is 35.9 Å². The number of hydrogen-bond acceptors (Lipinski definition) is 5. The van der Waals surface area contributed by atoms with Crippen LogP contribution in [0.1, 0.15) is 11.1 Å². The third kappa shape index (κ3) is 5.52. The molecular formula is C23H23ClN2O5S. The molecule has 0 aromatic heterocycles. The van der Waals surface area contributed by atoms with Crippen LogP contribution in [0.25, 0.3) is 0 Å². The first kappa shape index (κ1) is 23.4. The molecule has 0 bridgehead atoms. The van der Waals surface area contributed by atoms with Crippen molar-refractivity contribution in [3.63, 3.8) is 0 Å². The van der Waals surface area contributed by atoms with Gasteiger partial charge >= 0.3 is 0 Å². The summed E-state index contributed by atoms with van der Waals surface area (Å²) in [5.41, 5.74) is 1.83. The Morgan fingerprint density at radius 2 is 1.75 bits per heavy atom. The van der Waals surface area contributed by atoms with Gasteiger partial charge in [0.25, 0.3) is 10.0 Å². The lowest BCUT2D eigenvalue weighted by atomic mass is 10.1. The van der Waals surface area contributed by atoms with Gasteiger partial charge in [-0.2, -0.15) is 0 Å². The highest BCUT2D eigenvalue weighted by Gasteiger charge is 2.19. The first-order chi connectivity index (χ1) is 15.2. The van der Waals surface area contributed by atoms with Crippen LogP contribution >= 0.6 is 11.6 Å². The molecule has 0 spiro atoms. The van der Waals surface area contributed by atoms with Gasteiger partial charge in [0, 0.05) is 17.3 Å². The molecule has 0 saturated heterocycles. The molecule has 0 saturated carbocycles. The monoisotopic (exact) mass is 474 g/mol. The number of methoxy groups -OCH3 is 2. The van der Waals surface area contributed by atoms with Crippen LogP contribution in [-0.4, -0.2) is 28.5 Å². The van der Waals surface area contributed by atoms with Crippen molar-refractivity contribution in [3.8, 4) is 11.5 Å². The Kier molecular flexibility index (Phi) is 7.27. The number of halogens is 1. The molecule has 3 rings (SSSR count). The van der Waals surface area contributed by atoms with Gasteiger partial charge in [-0.3, -0.25) is 9.52 Å². The highest BCUT2D eigenvalue weighted by atomic mass is 35.5. The minimum atomic E-state index is -3.92. The van der Waals surface area contributed by atoms with Crippen LogP contribution < -0.4 is 19.5 Å². The summed E-state index contributed by atoms with van der Waals surface area (Å²) in [5, 5.41) is 3.03. The Bertz CT molecular complexity index is 1240. The number of nitrogens with one attached hydrogen (secondary N) is 2. The normalized spacial score (nSPS) is 11.0. The van der Waals surface area contributed by atoms with E-state index in [2.05, 4.69) is 10.0 Å². The number of benzene rings is 3. The molecule has 0 radical (unpaired) electrons. The third-order valence-electron chi connectivity index (χ3n) is 4.72. The number of aryl methyl sites for hydroxylation is 1. The summed E-state index contributed by atoms with van der Waals surface area (Å²) in [6.45, 7) is 1.68. The van der Waals surface area contributed by atoms with Crippen LogP contribution in [-0.2, 0) is 21.2 Å². The van der Waals surface area contributed by atoms with Gasteiger partial charge in [0.15, 0.2) is 0 Å². The lowest BCUT2D eigenvalue weighted by Crippen LogP contribution is -2.17. The minimum Gasteiger partial charge on any atom is -0.497 e. The van der Waals surface area contributed by atoms with Crippen LogP contribution in [0.4, 0.5) is 11.4 Å². The average Bonchev–Trinajstić information content (AvgIpc) is 2.76. The fraction of sp³-hybridized carbons (Fsp3) is 0.174. The molecule has 0 fully saturated rings. The zero-order valence-corrected chi connectivity index (χ0v) is 19.4. The van der Waals surface area contributed by atoms with E-state index in [1.54, 1.807) is 68.6 Å². The van der Waals surface area contributed by atoms with Crippen molar-refractivity contribution in [1.29, 1.82) is 0 Å². The van der Waals surface area contributed by atoms with E-state index in [0.29, 0.717) is 28.3 Å². The lowest BCUT2D eigenvalue weighted by Gasteiger charge is -2.14. The number of amides is 1. The molecular weight excluding hydrogens is 452 g/mol. The predicted octanol–water partition coefficient (Wildman–Crippen LogP) is 4.65. The first-order valence-electron chi connectivity index (χ1n) is 9.62. The number of carbonyl (C=O) groups excluding carboxylic acids is 1. The zero-order valence-electron chi connectivity index (χ0n) is 17.8. The van der Waals surface area contributed by atoms with Gasteiger partial charge in [-0.05, 0) is 42.8 Å². The maximum atomic E-state index is 12.9. The molecule has 0 heterocycles. The van der Waals surface area contributed by atoms with Crippen molar-refractivity contribution in [2.45, 2.75) is 18.2 Å². The van der Waals surface area contributed by atoms with Crippen LogP contribution in [0, 0.1) is 6.92 Å². The molecule has 9 heteroatoms. The van der Waals surface area contributed by atoms with Gasteiger partial charge in [-0.15, -0.1) is 0 Å². The number of para-hydroxylation sites is 1. The molecule has 0 aliphatic heterocycles. The van der Waals surface area contributed by atoms with Crippen molar-refractivity contribution in [2.75, 3.05) is 24.3 Å². The summed E-state index contributed by atoms with van der Waals surface area (Å²) in [4.78, 5) is 12.6. The van der Waals surface area contributed by atoms with Gasteiger partial charge in [-0.25, -0.2) is 8.42 Å². The Balaban J connectivity index is 1.80. The van der Waals surface area contributed by atoms with Crippen LogP contribution in [0.5, 0.6) is 11.5 Å². The van der Waals surface area contributed by atoms with Crippen LogP contribution in [0.15, 0.2) is 65.6 Å². The van der Waals surface area contributed by atoms with Crippen molar-refractivity contribution in [1.82, 2.24) is 0 Å². The Morgan fingerprint density at radius 1 is 1.00 bits per heavy atom. The molecule has 0 unspecified atom stereocenters. The fourth-order valence-corrected chi connectivity index (χ4v) is 4.68. The highest BCUT2D eigenvalue weighted by Crippen LogP contribution is 2.28. The average molecular weight is 475 g/mol. The summed E-state index contributed by atoms with van der Waals surface area (Å²) in [7, 11) is -0.862. The minimum absolute atomic E-state index is 0.0391. The molecule has 7 nitrogen and oxygen atoms in total. The van der Waals surface area contributed by atoms with E-state index in [9.17, 15) is 13.2 Å². The van der Waals surface area contributed by atoms with Crippen molar-refractivity contribution < 1.29 is 22.7 Å². The number of rotatable bonds is 8. The molecule has 1 amide bonds. The predicted molar refractivity (Wildman–Crippen MR) is 125 cm³/mol. The van der Waals surface area contributed by atoms with E-state index in [1.807, 2.05) is 0 Å². The Morgan fingerprint density at radius 3 is 2.44 bits per heavy atom. The number of anilines is 2. The van der Waals surface area contributed by atoms with Crippen LogP contribution in [0.2, 0.25) is 5.02 Å². The standard InChI is InChI=1S/C23H23ClN2O5S/c1-15-8-10-17(13-22(15)32(28,29)26-20-7-5-4-6-19(20)24)25-23(27)12-16-9-11-18(30-2)14-21(16)31-3/h4-11,13-14,26H,12H2,1-3H3,(H,25,27). The second kappa shape index (κ2) is 9.93. The quantitative estimate of drug-likeness (QED) is 0.495. The van der Waals surface area contributed by atoms with Gasteiger partial charge in [0.1, 0.15) is 11.5 Å². The van der Waals surface area contributed by atoms with E-state index < -0.39 is 10.0 Å². The lowest BCUT2D eigenvalue weighted by molar-refractivity contribution is -0.115. The van der Waals surface area contributed by atoms with E-state index in [4.69, 9.17) is 21.1 Å². The number of ether oxygens (including phenoxy) is 2. The van der Waals surface area contributed by atoms with Crippen molar-refractivity contribution >= 4 is 38.9 Å². The summed E-state index contributed by atoms with van der Waals surface area (Å²) < 4.78 is 38.9. The Labute approximate surface area is 192 Å². The van der Waals surface area contributed by atoms with Crippen molar-refractivity contribution in [2.24, 2.45) is 0 Å². The largest absolute Gasteiger partial charge is 0.497 e. The highest BCUT2D eigenvalue weighted by molar-refractivity contribution is 7.92. The second-order valence-electron chi connectivity index (χ2n) is 6.97. The molecule has 2 N–H and O–H groups in total. The van der Waals surface area contributed by atoms with Gasteiger partial charge < -0.3 is 14.8 Å². The second-order valence-corrected chi connectivity index (χ2v) is 9.03. The number of carbonyl (C=O) groups is 1. The maximum Gasteiger partial charge on any atom is 0.262 e. The fourth-order valence-electron chi connectivity index (χ4n) is 3.09. The molecule has 0 aliphatic carbocycles. The van der Waals surface area contributed by atoms with E-state index >= 15 is 0 Å². The summed E-state index contributed by atoms with van der Waals surface area (Å²) >= 11 is 6.08. The first-order valence-corrected chi connectivity index (χ1v) is 11.5. The molecule has 3 aromatic carbocycles. The summed E-state index contributed by atoms with van der Waals surface area (Å²) in [5.74, 6) is 0.820. The van der Waals surface area contributed by atoms with E-state index in [0.717, 1.165) is 0 Å². The molecule has 32 heavy (non-hydrogen) atoms. The molecule has 0 atom stereocenters. The van der Waals surface area contributed by atoms with E-state index in [-0.39, 0.29) is 27.9 Å². The summed E-state index contributed by atoms with van der Waals surface area (Å²) in [6.07, 6.45) is 0.0427. The third-order valence-corrected chi connectivity index (χ3v) is 6.56. The molecule has 3 aromatic rings. The molecule has 168 valence electrons. The summed E-state index contributed by atoms with van der Waals surface area (Å²) in [6, 6.07) is 16.4. The Hall–Kier alpha value is -3.23. The number of hydrogen-bond donors (Lipinski definition) is 2. The number of sulfonamides is 1. The smallest absolute Gasteiger partial charge is 0.262 e. The molecule has 0 aliphatic rings. The van der Waals surface area contributed by atoms with Gasteiger partial charge in [0.2, 0.25) is 5.91 Å². The van der Waals surface area contributed by atoms with Crippen LogP contribution in [0.3, 0.4) is 0 Å². The maximum absolute atomic E-state index is 12.9. The van der Waals surface area contributed by atoms with Crippen molar-refractivity contribution in [3.05, 3.63) is 76.8 Å². The van der Waals surface area contributed by atoms with E-state index in [1.165, 1.54) is 13.2 Å². The SMILES string of the molecule is COc1ccc(CC(=O)Nc2ccc(C)c(S(=O)(=O)Nc3ccccc3Cl)c2)c(OC)c1. The van der Waals surface area contributed by atoms with Gasteiger partial charge in [0.05, 0.1) is 36.2 Å². The zero-order chi connectivity index (χ0) is 23.3.